The van der Waals surface area contributed by atoms with Crippen molar-refractivity contribution in [1.82, 2.24) is 0 Å². The summed E-state index contributed by atoms with van der Waals surface area (Å²) in [6.07, 6.45) is 3.57. The fourth-order valence-corrected chi connectivity index (χ4v) is 6.05. The fourth-order valence-electron chi connectivity index (χ4n) is 5.92. The summed E-state index contributed by atoms with van der Waals surface area (Å²) in [7, 11) is 0. The molecule has 6 heteroatoms. The number of para-hydroxylation sites is 1. The van der Waals surface area contributed by atoms with Crippen LogP contribution in [0.1, 0.15) is 75.2 Å². The molecule has 5 nitrogen and oxygen atoms in total. The van der Waals surface area contributed by atoms with Gasteiger partial charge in [0, 0.05) is 28.0 Å². The molecule has 3 aromatic rings. The van der Waals surface area contributed by atoms with Gasteiger partial charge in [-0.25, -0.2) is 4.79 Å². The number of hydrogen-bond donors (Lipinski definition) is 1. The second kappa shape index (κ2) is 14.1. The minimum absolute atomic E-state index is 0.0122. The number of unbranched alkanes of at least 4 members (excludes halogenated alkanes) is 1. The van der Waals surface area contributed by atoms with Crippen LogP contribution in [0.5, 0.6) is 11.5 Å². The van der Waals surface area contributed by atoms with Crippen molar-refractivity contribution in [3.63, 3.8) is 0 Å². The van der Waals surface area contributed by atoms with Crippen molar-refractivity contribution in [2.24, 2.45) is 5.92 Å². The van der Waals surface area contributed by atoms with E-state index in [1.807, 2.05) is 63.2 Å². The maximum Gasteiger partial charge on any atom is 0.341 e. The van der Waals surface area contributed by atoms with E-state index in [4.69, 9.17) is 25.8 Å². The van der Waals surface area contributed by atoms with Gasteiger partial charge in [-0.3, -0.25) is 0 Å². The Morgan fingerprint density at radius 2 is 1.80 bits per heavy atom. The second-order valence-electron chi connectivity index (χ2n) is 10.9. The third-order valence-corrected chi connectivity index (χ3v) is 8.15. The van der Waals surface area contributed by atoms with Gasteiger partial charge in [0.15, 0.2) is 6.61 Å². The summed E-state index contributed by atoms with van der Waals surface area (Å²) in [5.41, 5.74) is 5.92. The predicted molar refractivity (Wildman–Crippen MR) is 165 cm³/mol. The molecule has 1 aliphatic heterocycles. The normalized spacial score (nSPS) is 20.4. The summed E-state index contributed by atoms with van der Waals surface area (Å²) in [6.45, 7) is 12.7. The van der Waals surface area contributed by atoms with Crippen LogP contribution in [0.3, 0.4) is 0 Å². The van der Waals surface area contributed by atoms with Gasteiger partial charge >= 0.3 is 5.97 Å². The molecule has 1 heterocycles. The van der Waals surface area contributed by atoms with Gasteiger partial charge in [0.2, 0.25) is 0 Å². The van der Waals surface area contributed by atoms with Gasteiger partial charge in [-0.1, -0.05) is 79.9 Å². The Hall–Kier alpha value is -3.28. The molecule has 4 atom stereocenters. The summed E-state index contributed by atoms with van der Waals surface area (Å²) < 4.78 is 18.9. The minimum atomic E-state index is -1.03. The van der Waals surface area contributed by atoms with E-state index in [1.165, 1.54) is 5.56 Å². The number of aliphatic carboxylic acids is 1. The first-order chi connectivity index (χ1) is 19.7. The molecule has 1 saturated heterocycles. The Kier molecular flexibility index (Phi) is 10.5. The maximum atomic E-state index is 11.6. The van der Waals surface area contributed by atoms with Gasteiger partial charge in [0.25, 0.3) is 0 Å². The summed E-state index contributed by atoms with van der Waals surface area (Å²) in [6, 6.07) is 20.0. The number of rotatable bonds is 12. The topological polar surface area (TPSA) is 65.0 Å². The van der Waals surface area contributed by atoms with Crippen LogP contribution < -0.4 is 9.47 Å². The van der Waals surface area contributed by atoms with Crippen molar-refractivity contribution >= 4 is 17.6 Å². The lowest BCUT2D eigenvalue weighted by molar-refractivity contribution is -0.139. The maximum absolute atomic E-state index is 11.6. The van der Waals surface area contributed by atoms with Crippen LogP contribution >= 0.6 is 11.6 Å². The van der Waals surface area contributed by atoms with E-state index in [2.05, 4.69) is 31.7 Å². The predicted octanol–water partition coefficient (Wildman–Crippen LogP) is 9.17. The van der Waals surface area contributed by atoms with E-state index < -0.39 is 12.6 Å². The van der Waals surface area contributed by atoms with E-state index in [-0.39, 0.29) is 24.0 Å². The summed E-state index contributed by atoms with van der Waals surface area (Å²) >= 11 is 6.22. The first-order valence-corrected chi connectivity index (χ1v) is 14.9. The lowest BCUT2D eigenvalue weighted by Crippen LogP contribution is -2.36. The van der Waals surface area contributed by atoms with Gasteiger partial charge in [-0.15, -0.1) is 0 Å². The Bertz CT molecular complexity index is 1350. The van der Waals surface area contributed by atoms with Crippen molar-refractivity contribution in [2.45, 2.75) is 71.5 Å². The molecule has 4 rings (SSSR count). The van der Waals surface area contributed by atoms with Gasteiger partial charge in [-0.2, -0.15) is 0 Å². The monoisotopic (exact) mass is 576 g/mol. The number of carbonyl (C=O) groups is 1. The standard InChI is InChI=1S/C35H41ClO5/c1-6-8-12-31-29(24-14-16-26(36)17-15-24)20-28(22(3)4)35(41-31)34-23(5)18-25(19-32(34)40-21-33(37)38)27-11-9-10-13-30(27)39-7-2/h9-11,13-19,28-29,31,35H,3,6-8,12,20-21H2,1-2,4-5H3,(H,37,38)/t28-,29-,31+,35+/m0/s1. The molecule has 1 N–H and O–H groups in total. The number of benzene rings is 3. The van der Waals surface area contributed by atoms with Crippen LogP contribution in [0, 0.1) is 12.8 Å². The SMILES string of the molecule is C=C(C)[C@@H]1C[C@@H](c2ccc(Cl)cc2)[C@@H](CCCC)O[C@H]1c1c(C)cc(-c2ccccc2OCC)cc1OCC(=O)O. The molecular formula is C35H41ClO5. The molecule has 41 heavy (non-hydrogen) atoms. The first-order valence-electron chi connectivity index (χ1n) is 14.5. The zero-order chi connectivity index (χ0) is 29.5. The number of ether oxygens (including phenoxy) is 3. The van der Waals surface area contributed by atoms with Crippen LogP contribution in [-0.2, 0) is 9.53 Å². The molecule has 0 aromatic heterocycles. The molecule has 0 aliphatic carbocycles. The van der Waals surface area contributed by atoms with Crippen LogP contribution in [0.4, 0.5) is 0 Å². The number of carboxylic acids is 1. The average Bonchev–Trinajstić information content (AvgIpc) is 2.95. The largest absolute Gasteiger partial charge is 0.493 e. The highest BCUT2D eigenvalue weighted by molar-refractivity contribution is 6.30. The van der Waals surface area contributed by atoms with Gasteiger partial charge < -0.3 is 19.3 Å². The van der Waals surface area contributed by atoms with E-state index in [1.54, 1.807) is 0 Å². The molecule has 0 radical (unpaired) electrons. The Labute approximate surface area is 249 Å². The third kappa shape index (κ3) is 7.33. The molecule has 0 amide bonds. The molecular weight excluding hydrogens is 536 g/mol. The van der Waals surface area contributed by atoms with Crippen molar-refractivity contribution in [1.29, 1.82) is 0 Å². The van der Waals surface area contributed by atoms with Crippen LogP contribution in [-0.4, -0.2) is 30.4 Å². The fraction of sp³-hybridized carbons (Fsp3) is 0.400. The molecule has 0 bridgehead atoms. The number of carboxylic acid groups (broad SMARTS) is 1. The zero-order valence-electron chi connectivity index (χ0n) is 24.5. The molecule has 0 spiro atoms. The smallest absolute Gasteiger partial charge is 0.341 e. The Morgan fingerprint density at radius 3 is 2.46 bits per heavy atom. The molecule has 218 valence electrons. The van der Waals surface area contributed by atoms with Gasteiger partial charge in [0.05, 0.1) is 18.8 Å². The number of aryl methyl sites for hydroxylation is 1. The van der Waals surface area contributed by atoms with Crippen LogP contribution in [0.25, 0.3) is 11.1 Å². The number of hydrogen-bond acceptors (Lipinski definition) is 4. The highest BCUT2D eigenvalue weighted by Crippen LogP contribution is 2.51. The summed E-state index contributed by atoms with van der Waals surface area (Å²) in [5, 5.41) is 10.2. The zero-order valence-corrected chi connectivity index (χ0v) is 25.2. The Balaban J connectivity index is 1.81. The highest BCUT2D eigenvalue weighted by Gasteiger charge is 2.41. The van der Waals surface area contributed by atoms with E-state index >= 15 is 0 Å². The minimum Gasteiger partial charge on any atom is -0.493 e. The van der Waals surface area contributed by atoms with E-state index in [9.17, 15) is 9.90 Å². The van der Waals surface area contributed by atoms with Crippen LogP contribution in [0.15, 0.2) is 72.8 Å². The summed E-state index contributed by atoms with van der Waals surface area (Å²) in [5.74, 6) is 0.465. The van der Waals surface area contributed by atoms with Crippen molar-refractivity contribution < 1.29 is 24.1 Å². The third-order valence-electron chi connectivity index (χ3n) is 7.90. The summed E-state index contributed by atoms with van der Waals surface area (Å²) in [4.78, 5) is 11.6. The Morgan fingerprint density at radius 1 is 1.07 bits per heavy atom. The lowest BCUT2D eigenvalue weighted by Gasteiger charge is -2.43. The van der Waals surface area contributed by atoms with Crippen molar-refractivity contribution in [2.75, 3.05) is 13.2 Å². The van der Waals surface area contributed by atoms with Crippen LogP contribution in [0.2, 0.25) is 5.02 Å². The van der Waals surface area contributed by atoms with E-state index in [0.717, 1.165) is 59.3 Å². The average molecular weight is 577 g/mol. The molecule has 1 aliphatic rings. The molecule has 0 saturated carbocycles. The van der Waals surface area contributed by atoms with Gasteiger partial charge in [0.1, 0.15) is 11.5 Å². The number of halogens is 1. The first kappa shape index (κ1) is 30.7. The van der Waals surface area contributed by atoms with Crippen molar-refractivity contribution in [3.8, 4) is 22.6 Å². The van der Waals surface area contributed by atoms with Crippen molar-refractivity contribution in [3.05, 3.63) is 94.5 Å². The second-order valence-corrected chi connectivity index (χ2v) is 11.3. The highest BCUT2D eigenvalue weighted by atomic mass is 35.5. The molecule has 3 aromatic carbocycles. The molecule has 0 unspecified atom stereocenters. The van der Waals surface area contributed by atoms with Gasteiger partial charge in [-0.05, 0) is 74.6 Å². The van der Waals surface area contributed by atoms with E-state index in [0.29, 0.717) is 17.4 Å². The quantitative estimate of drug-likeness (QED) is 0.218. The molecule has 1 fully saturated rings. The lowest BCUT2D eigenvalue weighted by atomic mass is 9.74.